The van der Waals surface area contributed by atoms with Crippen LogP contribution >= 0.6 is 0 Å². The van der Waals surface area contributed by atoms with Crippen LogP contribution in [0.2, 0.25) is 0 Å². The minimum Gasteiger partial charge on any atom is -0.318 e. The van der Waals surface area contributed by atoms with Crippen LogP contribution in [0.25, 0.3) is 5.69 Å². The number of hydrogen-bond acceptors (Lipinski definition) is 4. The number of hydrogen-bond donors (Lipinski definition) is 1. The molecule has 0 aliphatic heterocycles. The van der Waals surface area contributed by atoms with Gasteiger partial charge in [-0.25, -0.2) is 9.07 Å². The molecule has 3 aromatic rings. The third-order valence-electron chi connectivity index (χ3n) is 2.96. The first-order chi connectivity index (χ1) is 9.75. The van der Waals surface area contributed by atoms with E-state index < -0.39 is 11.9 Å². The van der Waals surface area contributed by atoms with Crippen LogP contribution in [-0.2, 0) is 0 Å². The molecule has 1 aromatic carbocycles. The third kappa shape index (κ3) is 2.28. The van der Waals surface area contributed by atoms with Gasteiger partial charge in [0.2, 0.25) is 0 Å². The summed E-state index contributed by atoms with van der Waals surface area (Å²) in [5.74, 6) is -0.393. The average Bonchev–Trinajstić information content (AvgIpc) is 2.97. The summed E-state index contributed by atoms with van der Waals surface area (Å²) in [5.41, 5.74) is 8.27. The summed E-state index contributed by atoms with van der Waals surface area (Å²) in [6.45, 7) is 0. The van der Waals surface area contributed by atoms with E-state index in [9.17, 15) is 4.39 Å². The van der Waals surface area contributed by atoms with Crippen molar-refractivity contribution in [3.8, 4) is 5.69 Å². The highest BCUT2D eigenvalue weighted by atomic mass is 19.1. The van der Waals surface area contributed by atoms with Crippen molar-refractivity contribution < 1.29 is 4.39 Å². The first-order valence-corrected chi connectivity index (χ1v) is 6.09. The topological polar surface area (TPSA) is 69.6 Å². The van der Waals surface area contributed by atoms with E-state index in [0.29, 0.717) is 11.4 Å². The molecule has 0 radical (unpaired) electrons. The van der Waals surface area contributed by atoms with Crippen LogP contribution in [0.4, 0.5) is 4.39 Å². The fourth-order valence-corrected chi connectivity index (χ4v) is 1.95. The zero-order valence-corrected chi connectivity index (χ0v) is 10.5. The second-order valence-electron chi connectivity index (χ2n) is 4.29. The second-order valence-corrected chi connectivity index (χ2v) is 4.29. The van der Waals surface area contributed by atoms with Gasteiger partial charge in [0, 0.05) is 0 Å². The lowest BCUT2D eigenvalue weighted by molar-refractivity contribution is 0.615. The van der Waals surface area contributed by atoms with Crippen LogP contribution in [0.3, 0.4) is 0 Å². The van der Waals surface area contributed by atoms with E-state index in [1.165, 1.54) is 6.07 Å². The normalized spacial score (nSPS) is 12.3. The molecular formula is C14H12FN5. The lowest BCUT2D eigenvalue weighted by atomic mass is 10.1. The van der Waals surface area contributed by atoms with Crippen molar-refractivity contribution in [1.29, 1.82) is 0 Å². The van der Waals surface area contributed by atoms with Crippen LogP contribution < -0.4 is 5.73 Å². The van der Waals surface area contributed by atoms with Gasteiger partial charge in [-0.1, -0.05) is 23.4 Å². The molecule has 6 heteroatoms. The Bertz CT molecular complexity index is 693. The van der Waals surface area contributed by atoms with Gasteiger partial charge in [-0.15, -0.1) is 5.10 Å². The molecule has 3 rings (SSSR count). The van der Waals surface area contributed by atoms with Gasteiger partial charge in [-0.2, -0.15) is 0 Å². The van der Waals surface area contributed by atoms with Crippen molar-refractivity contribution in [3.05, 3.63) is 72.1 Å². The smallest absolute Gasteiger partial charge is 0.141 e. The van der Waals surface area contributed by atoms with E-state index in [4.69, 9.17) is 5.73 Å². The summed E-state index contributed by atoms with van der Waals surface area (Å²) < 4.78 is 14.6. The molecule has 0 bridgehead atoms. The molecule has 0 aliphatic carbocycles. The second kappa shape index (κ2) is 5.18. The number of rotatable bonds is 3. The highest BCUT2D eigenvalue weighted by molar-refractivity contribution is 5.33. The highest BCUT2D eigenvalue weighted by Gasteiger charge is 2.17. The molecule has 0 saturated heterocycles. The molecule has 2 N–H and O–H groups in total. The van der Waals surface area contributed by atoms with Gasteiger partial charge >= 0.3 is 0 Å². The van der Waals surface area contributed by atoms with Gasteiger partial charge in [0.15, 0.2) is 0 Å². The summed E-state index contributed by atoms with van der Waals surface area (Å²) in [6, 6.07) is 11.9. The molecule has 0 spiro atoms. The summed E-state index contributed by atoms with van der Waals surface area (Å²) >= 11 is 0. The Morgan fingerprint density at radius 3 is 2.55 bits per heavy atom. The predicted octanol–water partition coefficient (Wildman–Crippen LogP) is 1.85. The quantitative estimate of drug-likeness (QED) is 0.787. The number of aromatic nitrogens is 4. The van der Waals surface area contributed by atoms with Crippen molar-refractivity contribution in [3.63, 3.8) is 0 Å². The largest absolute Gasteiger partial charge is 0.318 e. The molecule has 5 nitrogen and oxygen atoms in total. The fraction of sp³-hybridized carbons (Fsp3) is 0.0714. The van der Waals surface area contributed by atoms with Gasteiger partial charge in [0.25, 0.3) is 0 Å². The van der Waals surface area contributed by atoms with Crippen LogP contribution in [0.1, 0.15) is 17.4 Å². The molecular weight excluding hydrogens is 257 g/mol. The molecule has 2 heterocycles. The molecule has 0 amide bonds. The van der Waals surface area contributed by atoms with Crippen LogP contribution in [0.15, 0.2) is 54.9 Å². The summed E-state index contributed by atoms with van der Waals surface area (Å²) in [6.07, 6.45) is 2.73. The van der Waals surface area contributed by atoms with E-state index in [2.05, 4.69) is 15.3 Å². The van der Waals surface area contributed by atoms with Crippen LogP contribution in [-0.4, -0.2) is 20.0 Å². The van der Waals surface area contributed by atoms with Gasteiger partial charge < -0.3 is 5.73 Å². The SMILES string of the molecule is NC(c1ccc(F)cn1)c1cnnn1-c1ccccc1. The Morgan fingerprint density at radius 2 is 1.85 bits per heavy atom. The van der Waals surface area contributed by atoms with Crippen LogP contribution in [0, 0.1) is 5.82 Å². The number of nitrogens with zero attached hydrogens (tertiary/aromatic N) is 4. The Hall–Kier alpha value is -2.60. The third-order valence-corrected chi connectivity index (χ3v) is 2.96. The first kappa shape index (κ1) is 12.4. The lowest BCUT2D eigenvalue weighted by Gasteiger charge is -2.12. The van der Waals surface area contributed by atoms with Crippen molar-refractivity contribution in [2.45, 2.75) is 6.04 Å². The monoisotopic (exact) mass is 269 g/mol. The fourth-order valence-electron chi connectivity index (χ4n) is 1.95. The average molecular weight is 269 g/mol. The number of pyridine rings is 1. The molecule has 0 aliphatic rings. The Morgan fingerprint density at radius 1 is 1.05 bits per heavy atom. The number of benzene rings is 1. The van der Waals surface area contributed by atoms with Gasteiger partial charge in [-0.05, 0) is 24.3 Å². The number of nitrogens with two attached hydrogens (primary N) is 1. The van der Waals surface area contributed by atoms with E-state index in [0.717, 1.165) is 11.9 Å². The Kier molecular flexibility index (Phi) is 3.22. The van der Waals surface area contributed by atoms with Gasteiger partial charge in [-0.3, -0.25) is 4.98 Å². The maximum atomic E-state index is 12.9. The lowest BCUT2D eigenvalue weighted by Crippen LogP contribution is -2.18. The Labute approximate surface area is 114 Å². The van der Waals surface area contributed by atoms with Gasteiger partial charge in [0.1, 0.15) is 5.82 Å². The van der Waals surface area contributed by atoms with E-state index >= 15 is 0 Å². The van der Waals surface area contributed by atoms with Crippen molar-refractivity contribution in [1.82, 2.24) is 20.0 Å². The molecule has 2 aromatic heterocycles. The molecule has 0 fully saturated rings. The standard InChI is InChI=1S/C14H12FN5/c15-10-6-7-12(17-8-10)14(16)13-9-18-19-20(13)11-4-2-1-3-5-11/h1-9,14H,16H2. The maximum absolute atomic E-state index is 12.9. The summed E-state index contributed by atoms with van der Waals surface area (Å²) in [7, 11) is 0. The molecule has 1 unspecified atom stereocenters. The summed E-state index contributed by atoms with van der Waals surface area (Å²) in [4.78, 5) is 4.00. The van der Waals surface area contributed by atoms with Crippen LogP contribution in [0.5, 0.6) is 0 Å². The highest BCUT2D eigenvalue weighted by Crippen LogP contribution is 2.19. The zero-order valence-electron chi connectivity index (χ0n) is 10.5. The zero-order chi connectivity index (χ0) is 13.9. The van der Waals surface area contributed by atoms with Gasteiger partial charge in [0.05, 0.1) is 35.5 Å². The molecule has 1 atom stereocenters. The minimum atomic E-state index is -0.522. The first-order valence-electron chi connectivity index (χ1n) is 6.09. The van der Waals surface area contributed by atoms with Crippen molar-refractivity contribution in [2.75, 3.05) is 0 Å². The summed E-state index contributed by atoms with van der Waals surface area (Å²) in [5, 5.41) is 7.93. The predicted molar refractivity (Wildman–Crippen MR) is 71.6 cm³/mol. The van der Waals surface area contributed by atoms with Crippen molar-refractivity contribution >= 4 is 0 Å². The Balaban J connectivity index is 1.99. The van der Waals surface area contributed by atoms with Crippen molar-refractivity contribution in [2.24, 2.45) is 5.73 Å². The number of halogens is 1. The maximum Gasteiger partial charge on any atom is 0.141 e. The van der Waals surface area contributed by atoms with E-state index in [1.54, 1.807) is 16.9 Å². The molecule has 0 saturated carbocycles. The van der Waals surface area contributed by atoms with E-state index in [-0.39, 0.29) is 0 Å². The number of para-hydroxylation sites is 1. The van der Waals surface area contributed by atoms with E-state index in [1.807, 2.05) is 30.3 Å². The minimum absolute atomic E-state index is 0.393. The molecule has 100 valence electrons. The molecule has 20 heavy (non-hydrogen) atoms.